The van der Waals surface area contributed by atoms with Crippen LogP contribution in [0, 0.1) is 0 Å². The van der Waals surface area contributed by atoms with Crippen LogP contribution in [-0.4, -0.2) is 11.1 Å². The van der Waals surface area contributed by atoms with Gasteiger partial charge in [0.25, 0.3) is 0 Å². The Bertz CT molecular complexity index is 321. The Kier molecular flexibility index (Phi) is 1.50. The minimum Gasteiger partial charge on any atom is -0.475 e. The van der Waals surface area contributed by atoms with Crippen LogP contribution < -0.4 is 0 Å². The van der Waals surface area contributed by atoms with Gasteiger partial charge >= 0.3 is 5.97 Å². The van der Waals surface area contributed by atoms with E-state index in [0.717, 1.165) is 24.0 Å². The summed E-state index contributed by atoms with van der Waals surface area (Å²) in [6.07, 6.45) is 6.94. The van der Waals surface area contributed by atoms with Gasteiger partial charge in [0, 0.05) is 5.57 Å². The molecule has 1 aliphatic carbocycles. The summed E-state index contributed by atoms with van der Waals surface area (Å²) in [5.41, 5.74) is 1.82. The van der Waals surface area contributed by atoms with Gasteiger partial charge in [0.15, 0.2) is 0 Å². The van der Waals surface area contributed by atoms with Gasteiger partial charge in [-0.1, -0.05) is 6.08 Å². The van der Waals surface area contributed by atoms with Gasteiger partial charge in [-0.05, 0) is 24.5 Å². The van der Waals surface area contributed by atoms with Crippen molar-refractivity contribution in [2.75, 3.05) is 0 Å². The molecule has 0 amide bonds. The zero-order valence-electron chi connectivity index (χ0n) is 6.41. The fourth-order valence-electron chi connectivity index (χ4n) is 1.48. The molecule has 3 heteroatoms. The lowest BCUT2D eigenvalue weighted by Crippen LogP contribution is -2.08. The van der Waals surface area contributed by atoms with Crippen molar-refractivity contribution < 1.29 is 14.6 Å². The Labute approximate surface area is 69.6 Å². The quantitative estimate of drug-likeness (QED) is 0.640. The number of rotatable bonds is 1. The normalized spacial score (nSPS) is 20.2. The molecule has 0 fully saturated rings. The average molecular weight is 164 g/mol. The van der Waals surface area contributed by atoms with Gasteiger partial charge in [-0.3, -0.25) is 0 Å². The summed E-state index contributed by atoms with van der Waals surface area (Å²) in [6, 6.07) is 0. The Hall–Kier alpha value is -1.51. The lowest BCUT2D eigenvalue weighted by atomic mass is 10.1. The SMILES string of the molecule is O=C(O)C1=C2CCC=C2C=CO1. The van der Waals surface area contributed by atoms with Crippen molar-refractivity contribution in [3.8, 4) is 0 Å². The summed E-state index contributed by atoms with van der Waals surface area (Å²) in [7, 11) is 0. The van der Waals surface area contributed by atoms with E-state index in [0.29, 0.717) is 0 Å². The number of carboxylic acid groups (broad SMARTS) is 1. The molecule has 3 nitrogen and oxygen atoms in total. The van der Waals surface area contributed by atoms with Crippen LogP contribution >= 0.6 is 0 Å². The summed E-state index contributed by atoms with van der Waals surface area (Å²) < 4.78 is 4.91. The summed E-state index contributed by atoms with van der Waals surface area (Å²) >= 11 is 0. The van der Waals surface area contributed by atoms with E-state index < -0.39 is 5.97 Å². The average Bonchev–Trinajstić information content (AvgIpc) is 2.49. The summed E-state index contributed by atoms with van der Waals surface area (Å²) in [5, 5.41) is 8.74. The number of carboxylic acids is 1. The fraction of sp³-hybridized carbons (Fsp3) is 0.222. The first-order chi connectivity index (χ1) is 5.79. The van der Waals surface area contributed by atoms with Crippen LogP contribution in [0.2, 0.25) is 0 Å². The highest BCUT2D eigenvalue weighted by Crippen LogP contribution is 2.32. The van der Waals surface area contributed by atoms with Crippen LogP contribution in [0.15, 0.2) is 35.3 Å². The van der Waals surface area contributed by atoms with E-state index in [1.165, 1.54) is 6.26 Å². The molecule has 0 unspecified atom stereocenters. The zero-order valence-corrected chi connectivity index (χ0v) is 6.41. The first-order valence-electron chi connectivity index (χ1n) is 3.79. The third-order valence-electron chi connectivity index (χ3n) is 2.01. The van der Waals surface area contributed by atoms with Crippen LogP contribution in [0.3, 0.4) is 0 Å². The third-order valence-corrected chi connectivity index (χ3v) is 2.01. The van der Waals surface area contributed by atoms with Gasteiger partial charge in [0.2, 0.25) is 5.76 Å². The van der Waals surface area contributed by atoms with E-state index in [1.807, 2.05) is 6.08 Å². The monoisotopic (exact) mass is 164 g/mol. The van der Waals surface area contributed by atoms with Crippen molar-refractivity contribution in [2.24, 2.45) is 0 Å². The molecule has 0 aromatic rings. The molecule has 0 saturated heterocycles. The van der Waals surface area contributed by atoms with E-state index in [9.17, 15) is 4.79 Å². The molecule has 1 aliphatic heterocycles. The first kappa shape index (κ1) is 7.16. The van der Waals surface area contributed by atoms with Crippen LogP contribution in [0.1, 0.15) is 12.8 Å². The predicted molar refractivity (Wildman–Crippen MR) is 42.2 cm³/mol. The second-order valence-corrected chi connectivity index (χ2v) is 2.73. The highest BCUT2D eigenvalue weighted by Gasteiger charge is 2.23. The molecule has 0 bridgehead atoms. The largest absolute Gasteiger partial charge is 0.475 e. The number of fused-ring (bicyclic) bond motifs is 1. The van der Waals surface area contributed by atoms with Crippen molar-refractivity contribution in [3.63, 3.8) is 0 Å². The minimum atomic E-state index is -0.984. The van der Waals surface area contributed by atoms with Gasteiger partial charge in [-0.25, -0.2) is 4.79 Å². The molecular weight excluding hydrogens is 156 g/mol. The number of aliphatic carboxylic acids is 1. The highest BCUT2D eigenvalue weighted by molar-refractivity contribution is 5.87. The zero-order chi connectivity index (χ0) is 8.55. The van der Waals surface area contributed by atoms with Crippen molar-refractivity contribution in [1.82, 2.24) is 0 Å². The number of ether oxygens (including phenoxy) is 1. The van der Waals surface area contributed by atoms with Crippen LogP contribution in [0.5, 0.6) is 0 Å². The third kappa shape index (κ3) is 0.942. The molecule has 0 atom stereocenters. The molecule has 62 valence electrons. The Morgan fingerprint density at radius 1 is 1.58 bits per heavy atom. The van der Waals surface area contributed by atoms with E-state index in [2.05, 4.69) is 0 Å². The fourth-order valence-corrected chi connectivity index (χ4v) is 1.48. The summed E-state index contributed by atoms with van der Waals surface area (Å²) in [5.74, 6) is -0.900. The Morgan fingerprint density at radius 2 is 2.42 bits per heavy atom. The molecule has 2 rings (SSSR count). The smallest absolute Gasteiger partial charge is 0.372 e. The van der Waals surface area contributed by atoms with Crippen molar-refractivity contribution in [3.05, 3.63) is 35.3 Å². The van der Waals surface area contributed by atoms with Crippen molar-refractivity contribution in [1.29, 1.82) is 0 Å². The number of hydrogen-bond donors (Lipinski definition) is 1. The van der Waals surface area contributed by atoms with Crippen molar-refractivity contribution in [2.45, 2.75) is 12.8 Å². The van der Waals surface area contributed by atoms with Gasteiger partial charge in [-0.2, -0.15) is 0 Å². The van der Waals surface area contributed by atoms with E-state index >= 15 is 0 Å². The van der Waals surface area contributed by atoms with Crippen molar-refractivity contribution >= 4 is 5.97 Å². The van der Waals surface area contributed by atoms with Gasteiger partial charge in [0.05, 0.1) is 6.26 Å². The van der Waals surface area contributed by atoms with Crippen LogP contribution in [0.25, 0.3) is 0 Å². The maximum atomic E-state index is 10.7. The molecule has 1 heterocycles. The Morgan fingerprint density at radius 3 is 3.17 bits per heavy atom. The summed E-state index contributed by atoms with van der Waals surface area (Å²) in [6.45, 7) is 0. The maximum absolute atomic E-state index is 10.7. The predicted octanol–water partition coefficient (Wildman–Crippen LogP) is 1.59. The van der Waals surface area contributed by atoms with E-state index in [1.54, 1.807) is 6.08 Å². The second kappa shape index (κ2) is 2.52. The Balaban J connectivity index is 2.44. The van der Waals surface area contributed by atoms with Gasteiger partial charge in [0.1, 0.15) is 0 Å². The number of carbonyl (C=O) groups is 1. The lowest BCUT2D eigenvalue weighted by molar-refractivity contribution is -0.135. The van der Waals surface area contributed by atoms with Crippen LogP contribution in [-0.2, 0) is 9.53 Å². The topological polar surface area (TPSA) is 46.5 Å². The first-order valence-corrected chi connectivity index (χ1v) is 3.79. The molecular formula is C9H8O3. The molecule has 1 N–H and O–H groups in total. The second-order valence-electron chi connectivity index (χ2n) is 2.73. The van der Waals surface area contributed by atoms with E-state index in [-0.39, 0.29) is 5.76 Å². The lowest BCUT2D eigenvalue weighted by Gasteiger charge is -2.11. The van der Waals surface area contributed by atoms with Gasteiger partial charge < -0.3 is 9.84 Å². The number of allylic oxidation sites excluding steroid dienone is 4. The molecule has 2 aliphatic rings. The highest BCUT2D eigenvalue weighted by atomic mass is 16.5. The maximum Gasteiger partial charge on any atom is 0.372 e. The summed E-state index contributed by atoms with van der Waals surface area (Å²) in [4.78, 5) is 10.7. The molecule has 0 saturated carbocycles. The molecule has 0 aromatic carbocycles. The molecule has 0 spiro atoms. The molecule has 12 heavy (non-hydrogen) atoms. The number of hydrogen-bond acceptors (Lipinski definition) is 2. The standard InChI is InChI=1S/C9H8O3/c10-9(11)8-7-3-1-2-6(7)4-5-12-8/h2,4-5H,1,3H2,(H,10,11). The van der Waals surface area contributed by atoms with Crippen LogP contribution in [0.4, 0.5) is 0 Å². The van der Waals surface area contributed by atoms with E-state index in [4.69, 9.17) is 9.84 Å². The minimum absolute atomic E-state index is 0.0845. The molecule has 0 aromatic heterocycles. The van der Waals surface area contributed by atoms with Gasteiger partial charge in [-0.15, -0.1) is 0 Å². The molecule has 0 radical (unpaired) electrons.